The van der Waals surface area contributed by atoms with E-state index < -0.39 is 86.8 Å². The number of unbranched alkanes of at least 4 members (excludes halogenated alkanes) is 19. The summed E-state index contributed by atoms with van der Waals surface area (Å²) in [6.07, 6.45) is 11.4. The third-order valence-corrected chi connectivity index (χ3v) is 11.0. The molecule has 0 aliphatic carbocycles. The Morgan fingerprint density at radius 2 is 1.11 bits per heavy atom. The van der Waals surface area contributed by atoms with Gasteiger partial charge in [0.2, 0.25) is 5.91 Å². The first-order chi connectivity index (χ1) is 27.1. The van der Waals surface area contributed by atoms with Crippen molar-refractivity contribution in [2.75, 3.05) is 19.8 Å². The van der Waals surface area contributed by atoms with Crippen LogP contribution in [0.25, 0.3) is 0 Å². The minimum absolute atomic E-state index is 0.248. The van der Waals surface area contributed by atoms with Gasteiger partial charge in [0.15, 0.2) is 12.6 Å². The zero-order chi connectivity index (χ0) is 41.1. The lowest BCUT2D eigenvalue weighted by molar-refractivity contribution is -0.359. The molecule has 2 rings (SSSR count). The van der Waals surface area contributed by atoms with Crippen LogP contribution in [0.3, 0.4) is 0 Å². The van der Waals surface area contributed by atoms with Gasteiger partial charge in [-0.05, 0) is 19.3 Å². The average molecular weight is 806 g/mol. The van der Waals surface area contributed by atoms with Crippen LogP contribution in [0.2, 0.25) is 0 Å². The lowest BCUT2D eigenvalue weighted by atomic mass is 9.97. The topological polar surface area (TPSA) is 228 Å². The Hall–Kier alpha value is -1.27. The molecule has 9 N–H and O–H groups in total. The third-order valence-electron chi connectivity index (χ3n) is 11.0. The number of carbonyl (C=O) groups is 1. The lowest BCUT2D eigenvalue weighted by Gasteiger charge is -2.46. The van der Waals surface area contributed by atoms with E-state index in [4.69, 9.17) is 18.9 Å². The zero-order valence-electron chi connectivity index (χ0n) is 34.4. The number of carbonyl (C=O) groups excluding carboxylic acids is 1. The van der Waals surface area contributed by atoms with E-state index in [1.54, 1.807) is 6.08 Å². The molecule has 12 atom stereocenters. The van der Waals surface area contributed by atoms with Crippen molar-refractivity contribution in [3.63, 3.8) is 0 Å². The van der Waals surface area contributed by atoms with Crippen molar-refractivity contribution in [1.82, 2.24) is 5.32 Å². The summed E-state index contributed by atoms with van der Waals surface area (Å²) >= 11 is 0. The molecule has 2 aliphatic heterocycles. The van der Waals surface area contributed by atoms with Crippen LogP contribution in [0.15, 0.2) is 12.2 Å². The molecule has 330 valence electrons. The Kier molecular flexibility index (Phi) is 27.9. The maximum atomic E-state index is 13.0. The highest BCUT2D eigenvalue weighted by Gasteiger charge is 2.50. The van der Waals surface area contributed by atoms with E-state index in [1.165, 1.54) is 89.9 Å². The van der Waals surface area contributed by atoms with Crippen LogP contribution < -0.4 is 5.32 Å². The van der Waals surface area contributed by atoms with Crippen molar-refractivity contribution in [3.8, 4) is 0 Å². The Balaban J connectivity index is 1.90. The Bertz CT molecular complexity index is 1000. The van der Waals surface area contributed by atoms with Crippen molar-refractivity contribution in [3.05, 3.63) is 12.2 Å². The van der Waals surface area contributed by atoms with Gasteiger partial charge in [0.1, 0.15) is 48.8 Å². The second kappa shape index (κ2) is 30.7. The minimum Gasteiger partial charge on any atom is -0.394 e. The van der Waals surface area contributed by atoms with Gasteiger partial charge < -0.3 is 65.1 Å². The van der Waals surface area contributed by atoms with E-state index in [9.17, 15) is 45.6 Å². The first-order valence-corrected chi connectivity index (χ1v) is 21.9. The molecule has 2 heterocycles. The standard InChI is InChI=1S/C42H79NO13/c1-3-5-7-9-11-12-13-14-15-16-17-18-20-21-23-25-31(46)30(43-34(47)26-24-22-19-10-8-6-4-2)29-53-41-39(52)37(50)40(33(28-45)55-41)56-42-38(51)36(49)35(48)32(27-44)54-42/h23,25,30-33,35-42,44-46,48-52H,3-22,24,26-29H2,1-2H3,(H,43,47)/b25-23+. The summed E-state index contributed by atoms with van der Waals surface area (Å²) in [5.74, 6) is -0.248. The summed E-state index contributed by atoms with van der Waals surface area (Å²) in [5, 5.41) is 86.2. The van der Waals surface area contributed by atoms with Crippen LogP contribution >= 0.6 is 0 Å². The first-order valence-electron chi connectivity index (χ1n) is 21.9. The summed E-state index contributed by atoms with van der Waals surface area (Å²) in [7, 11) is 0. The van der Waals surface area contributed by atoms with Gasteiger partial charge in [-0.3, -0.25) is 4.79 Å². The smallest absolute Gasteiger partial charge is 0.220 e. The second-order valence-electron chi connectivity index (χ2n) is 15.8. The highest BCUT2D eigenvalue weighted by molar-refractivity contribution is 5.76. The fraction of sp³-hybridized carbons (Fsp3) is 0.929. The van der Waals surface area contributed by atoms with Gasteiger partial charge in [-0.2, -0.15) is 0 Å². The molecule has 14 heteroatoms. The van der Waals surface area contributed by atoms with Crippen LogP contribution in [0.5, 0.6) is 0 Å². The molecule has 1 amide bonds. The molecule has 0 bridgehead atoms. The van der Waals surface area contributed by atoms with Crippen LogP contribution in [-0.4, -0.2) is 140 Å². The average Bonchev–Trinajstić information content (AvgIpc) is 3.19. The van der Waals surface area contributed by atoms with Crippen molar-refractivity contribution in [2.45, 2.75) is 229 Å². The van der Waals surface area contributed by atoms with E-state index >= 15 is 0 Å². The van der Waals surface area contributed by atoms with Crippen molar-refractivity contribution in [1.29, 1.82) is 0 Å². The number of hydrogen-bond donors (Lipinski definition) is 9. The predicted octanol–water partition coefficient (Wildman–Crippen LogP) is 3.65. The molecule has 2 aliphatic rings. The van der Waals surface area contributed by atoms with Gasteiger partial charge in [-0.15, -0.1) is 0 Å². The highest BCUT2D eigenvalue weighted by atomic mass is 16.7. The normalized spacial score (nSPS) is 29.5. The molecule has 56 heavy (non-hydrogen) atoms. The van der Waals surface area contributed by atoms with E-state index in [0.29, 0.717) is 6.42 Å². The fourth-order valence-corrected chi connectivity index (χ4v) is 7.29. The first kappa shape index (κ1) is 50.9. The number of hydrogen-bond acceptors (Lipinski definition) is 13. The Morgan fingerprint density at radius 1 is 0.625 bits per heavy atom. The van der Waals surface area contributed by atoms with E-state index in [2.05, 4.69) is 19.2 Å². The number of nitrogens with one attached hydrogen (secondary N) is 1. The Labute approximate surface area is 336 Å². The largest absolute Gasteiger partial charge is 0.394 e. The van der Waals surface area contributed by atoms with Crippen molar-refractivity contribution >= 4 is 5.91 Å². The Morgan fingerprint density at radius 3 is 1.64 bits per heavy atom. The maximum Gasteiger partial charge on any atom is 0.220 e. The van der Waals surface area contributed by atoms with Crippen LogP contribution in [-0.2, 0) is 23.7 Å². The summed E-state index contributed by atoms with van der Waals surface area (Å²) in [6, 6.07) is -0.904. The summed E-state index contributed by atoms with van der Waals surface area (Å²) in [4.78, 5) is 13.0. The maximum absolute atomic E-state index is 13.0. The van der Waals surface area contributed by atoms with E-state index in [-0.39, 0.29) is 18.9 Å². The number of allylic oxidation sites excluding steroid dienone is 1. The van der Waals surface area contributed by atoms with Gasteiger partial charge in [0.05, 0.1) is 32.0 Å². The SMILES string of the molecule is CCCCCCCCCCCCCCC/C=C/C(O)C(COC1OC(CO)C(OC2OC(CO)C(O)C(O)C2O)C(O)C1O)NC(=O)CCCCCCCCC. The molecule has 0 aromatic heterocycles. The van der Waals surface area contributed by atoms with Crippen LogP contribution in [0.1, 0.15) is 155 Å². The van der Waals surface area contributed by atoms with Gasteiger partial charge >= 0.3 is 0 Å². The minimum atomic E-state index is -1.78. The third kappa shape index (κ3) is 19.2. The van der Waals surface area contributed by atoms with Crippen molar-refractivity contribution in [2.24, 2.45) is 0 Å². The molecule has 0 radical (unpaired) electrons. The van der Waals surface area contributed by atoms with Gasteiger partial charge in [0, 0.05) is 6.42 Å². The number of ether oxygens (including phenoxy) is 4. The molecule has 2 fully saturated rings. The summed E-state index contributed by atoms with van der Waals surface area (Å²) in [6.45, 7) is 2.70. The zero-order valence-corrected chi connectivity index (χ0v) is 34.4. The molecular formula is C42H79NO13. The van der Waals surface area contributed by atoms with Gasteiger partial charge in [-0.1, -0.05) is 142 Å². The van der Waals surface area contributed by atoms with Crippen LogP contribution in [0, 0.1) is 0 Å². The number of aliphatic hydroxyl groups is 8. The molecule has 0 aromatic rings. The molecule has 14 nitrogen and oxygen atoms in total. The second-order valence-corrected chi connectivity index (χ2v) is 15.8. The number of rotatable bonds is 32. The monoisotopic (exact) mass is 806 g/mol. The molecule has 0 aromatic carbocycles. The van der Waals surface area contributed by atoms with E-state index in [0.717, 1.165) is 38.5 Å². The fourth-order valence-electron chi connectivity index (χ4n) is 7.29. The quantitative estimate of drug-likeness (QED) is 0.0350. The highest BCUT2D eigenvalue weighted by Crippen LogP contribution is 2.30. The summed E-state index contributed by atoms with van der Waals surface area (Å²) in [5.41, 5.74) is 0. The molecule has 12 unspecified atom stereocenters. The van der Waals surface area contributed by atoms with Gasteiger partial charge in [-0.25, -0.2) is 0 Å². The lowest BCUT2D eigenvalue weighted by Crippen LogP contribution is -2.65. The summed E-state index contributed by atoms with van der Waals surface area (Å²) < 4.78 is 22.5. The van der Waals surface area contributed by atoms with E-state index in [1.807, 2.05) is 6.08 Å². The number of aliphatic hydroxyl groups excluding tert-OH is 8. The molecule has 0 saturated carbocycles. The molecular weight excluding hydrogens is 726 g/mol. The number of amides is 1. The molecule has 2 saturated heterocycles. The van der Waals surface area contributed by atoms with Crippen molar-refractivity contribution < 1.29 is 64.6 Å². The molecule has 0 spiro atoms. The van der Waals surface area contributed by atoms with Gasteiger partial charge in [0.25, 0.3) is 0 Å². The predicted molar refractivity (Wildman–Crippen MR) is 212 cm³/mol. The van der Waals surface area contributed by atoms with Crippen LogP contribution in [0.4, 0.5) is 0 Å².